The molecule has 0 spiro atoms. The van der Waals surface area contributed by atoms with E-state index in [4.69, 9.17) is 4.74 Å². The molecule has 1 heterocycles. The first-order chi connectivity index (χ1) is 14.8. The zero-order chi connectivity index (χ0) is 22.5. The van der Waals surface area contributed by atoms with Gasteiger partial charge >= 0.3 is 0 Å². The number of hydrogen-bond donors (Lipinski definition) is 2. The molecule has 1 aromatic heterocycles. The highest BCUT2D eigenvalue weighted by Gasteiger charge is 2.14. The quantitative estimate of drug-likeness (QED) is 0.483. The number of anilines is 1. The van der Waals surface area contributed by atoms with Crippen molar-refractivity contribution < 1.29 is 9.53 Å². The summed E-state index contributed by atoms with van der Waals surface area (Å²) in [5.41, 5.74) is 6.43. The summed E-state index contributed by atoms with van der Waals surface area (Å²) in [6, 6.07) is 13.2. The molecule has 2 aromatic carbocycles. The lowest BCUT2D eigenvalue weighted by atomic mass is 10.1. The summed E-state index contributed by atoms with van der Waals surface area (Å²) in [5.74, 6) is 0.770. The number of ether oxygens (including phenoxy) is 1. The molecule has 0 aliphatic heterocycles. The highest BCUT2D eigenvalue weighted by atomic mass is 16.5. The summed E-state index contributed by atoms with van der Waals surface area (Å²) in [4.78, 5) is 17.5. The van der Waals surface area contributed by atoms with Crippen molar-refractivity contribution in [3.8, 4) is 5.75 Å². The predicted molar refractivity (Wildman–Crippen MR) is 124 cm³/mol. The standard InChI is InChI=1S/C24H29N5O2/c1-15-7-10-19(11-8-15)23(30)27-24(25-14-20-17(3)28-29(5)18(20)4)26-21-13-16(2)9-12-22(21)31-6/h7-13H,14H2,1-6H3,(H2,25,26,27,30). The number of carbonyl (C=O) groups excluding carboxylic acids is 1. The van der Waals surface area contributed by atoms with E-state index in [2.05, 4.69) is 20.7 Å². The van der Waals surface area contributed by atoms with Crippen LogP contribution < -0.4 is 15.4 Å². The average Bonchev–Trinajstić information content (AvgIpc) is 2.98. The SMILES string of the molecule is COc1ccc(C)cc1NC(=NCc1c(C)nn(C)c1C)NC(=O)c1ccc(C)cc1. The van der Waals surface area contributed by atoms with Crippen molar-refractivity contribution in [2.45, 2.75) is 34.2 Å². The van der Waals surface area contributed by atoms with Gasteiger partial charge < -0.3 is 10.1 Å². The van der Waals surface area contributed by atoms with Gasteiger partial charge in [-0.05, 0) is 57.5 Å². The fourth-order valence-electron chi connectivity index (χ4n) is 3.25. The van der Waals surface area contributed by atoms with E-state index in [0.29, 0.717) is 23.8 Å². The molecule has 7 nitrogen and oxygen atoms in total. The zero-order valence-electron chi connectivity index (χ0n) is 18.9. The van der Waals surface area contributed by atoms with Crippen molar-refractivity contribution in [2.24, 2.45) is 12.0 Å². The van der Waals surface area contributed by atoms with Crippen LogP contribution in [0.5, 0.6) is 5.75 Å². The second-order valence-electron chi connectivity index (χ2n) is 7.59. The molecule has 0 atom stereocenters. The van der Waals surface area contributed by atoms with Gasteiger partial charge in [-0.15, -0.1) is 0 Å². The highest BCUT2D eigenvalue weighted by molar-refractivity contribution is 6.10. The van der Waals surface area contributed by atoms with Gasteiger partial charge in [-0.25, -0.2) is 4.99 Å². The first kappa shape index (κ1) is 22.1. The first-order valence-electron chi connectivity index (χ1n) is 10.1. The second-order valence-corrected chi connectivity index (χ2v) is 7.59. The van der Waals surface area contributed by atoms with Crippen LogP contribution in [0.4, 0.5) is 5.69 Å². The van der Waals surface area contributed by atoms with Gasteiger partial charge in [-0.3, -0.25) is 14.8 Å². The largest absolute Gasteiger partial charge is 0.495 e. The molecular weight excluding hydrogens is 390 g/mol. The maximum absolute atomic E-state index is 12.8. The van der Waals surface area contributed by atoms with Crippen LogP contribution in [0, 0.1) is 27.7 Å². The molecule has 1 amide bonds. The lowest BCUT2D eigenvalue weighted by molar-refractivity contribution is 0.0977. The van der Waals surface area contributed by atoms with Crippen LogP contribution in [-0.2, 0) is 13.6 Å². The van der Waals surface area contributed by atoms with E-state index >= 15 is 0 Å². The molecule has 3 rings (SSSR count). The predicted octanol–water partition coefficient (Wildman–Crippen LogP) is 4.06. The molecule has 7 heteroatoms. The normalized spacial score (nSPS) is 11.4. The molecule has 0 aliphatic rings. The Hall–Kier alpha value is -3.61. The van der Waals surface area contributed by atoms with E-state index in [-0.39, 0.29) is 5.91 Å². The van der Waals surface area contributed by atoms with Crippen molar-refractivity contribution in [1.29, 1.82) is 0 Å². The number of nitrogens with zero attached hydrogens (tertiary/aromatic N) is 3. The minimum absolute atomic E-state index is 0.238. The monoisotopic (exact) mass is 419 g/mol. The molecule has 31 heavy (non-hydrogen) atoms. The number of guanidine groups is 1. The average molecular weight is 420 g/mol. The van der Waals surface area contributed by atoms with Crippen LogP contribution in [0.15, 0.2) is 47.5 Å². The fourth-order valence-corrected chi connectivity index (χ4v) is 3.25. The van der Waals surface area contributed by atoms with Gasteiger partial charge in [0.2, 0.25) is 5.96 Å². The Kier molecular flexibility index (Phi) is 6.74. The van der Waals surface area contributed by atoms with Gasteiger partial charge in [-0.2, -0.15) is 5.10 Å². The number of benzene rings is 2. The minimum atomic E-state index is -0.238. The number of amides is 1. The number of carbonyl (C=O) groups is 1. The molecule has 0 bridgehead atoms. The van der Waals surface area contributed by atoms with Crippen LogP contribution in [0.25, 0.3) is 0 Å². The molecule has 2 N–H and O–H groups in total. The van der Waals surface area contributed by atoms with E-state index in [1.54, 1.807) is 19.2 Å². The molecule has 0 aliphatic carbocycles. The van der Waals surface area contributed by atoms with E-state index in [9.17, 15) is 4.79 Å². The third-order valence-electron chi connectivity index (χ3n) is 5.21. The van der Waals surface area contributed by atoms with Crippen molar-refractivity contribution >= 4 is 17.6 Å². The number of hydrogen-bond acceptors (Lipinski definition) is 4. The summed E-state index contributed by atoms with van der Waals surface area (Å²) in [6.07, 6.45) is 0. The molecular formula is C24H29N5O2. The van der Waals surface area contributed by atoms with Gasteiger partial charge in [0.25, 0.3) is 5.91 Å². The number of aromatic nitrogens is 2. The van der Waals surface area contributed by atoms with Crippen LogP contribution >= 0.6 is 0 Å². The number of nitrogens with one attached hydrogen (secondary N) is 2. The van der Waals surface area contributed by atoms with Crippen molar-refractivity contribution in [2.75, 3.05) is 12.4 Å². The van der Waals surface area contributed by atoms with Gasteiger partial charge in [-0.1, -0.05) is 23.8 Å². The van der Waals surface area contributed by atoms with Crippen LogP contribution in [0.2, 0.25) is 0 Å². The molecule has 0 fully saturated rings. The fraction of sp³-hybridized carbons (Fsp3) is 0.292. The first-order valence-corrected chi connectivity index (χ1v) is 10.1. The summed E-state index contributed by atoms with van der Waals surface area (Å²) < 4.78 is 7.30. The summed E-state index contributed by atoms with van der Waals surface area (Å²) in [6.45, 7) is 8.33. The van der Waals surface area contributed by atoms with Crippen molar-refractivity contribution in [1.82, 2.24) is 15.1 Å². The number of rotatable bonds is 5. The Morgan fingerprint density at radius 3 is 2.35 bits per heavy atom. The van der Waals surface area contributed by atoms with E-state index in [1.165, 1.54) is 0 Å². The third-order valence-corrected chi connectivity index (χ3v) is 5.21. The van der Waals surface area contributed by atoms with Gasteiger partial charge in [0.15, 0.2) is 0 Å². The van der Waals surface area contributed by atoms with E-state index in [1.807, 2.05) is 69.8 Å². The maximum Gasteiger partial charge on any atom is 0.257 e. The van der Waals surface area contributed by atoms with Crippen molar-refractivity contribution in [3.05, 3.63) is 76.1 Å². The highest BCUT2D eigenvalue weighted by Crippen LogP contribution is 2.25. The van der Waals surface area contributed by atoms with Gasteiger partial charge in [0.1, 0.15) is 5.75 Å². The maximum atomic E-state index is 12.8. The van der Waals surface area contributed by atoms with Crippen LogP contribution in [-0.4, -0.2) is 28.8 Å². The Balaban J connectivity index is 1.92. The minimum Gasteiger partial charge on any atom is -0.495 e. The smallest absolute Gasteiger partial charge is 0.257 e. The van der Waals surface area contributed by atoms with E-state index < -0.39 is 0 Å². The second kappa shape index (κ2) is 9.47. The molecule has 0 unspecified atom stereocenters. The third kappa shape index (κ3) is 5.31. The van der Waals surface area contributed by atoms with Crippen LogP contribution in [0.3, 0.4) is 0 Å². The molecule has 3 aromatic rings. The number of aryl methyl sites for hydroxylation is 4. The Labute approximate surface area is 183 Å². The molecule has 0 radical (unpaired) electrons. The lowest BCUT2D eigenvalue weighted by Crippen LogP contribution is -2.36. The van der Waals surface area contributed by atoms with Crippen molar-refractivity contribution in [3.63, 3.8) is 0 Å². The number of methoxy groups -OCH3 is 1. The Morgan fingerprint density at radius 2 is 1.74 bits per heavy atom. The van der Waals surface area contributed by atoms with Crippen LogP contribution in [0.1, 0.15) is 38.4 Å². The molecule has 162 valence electrons. The van der Waals surface area contributed by atoms with Gasteiger partial charge in [0.05, 0.1) is 25.0 Å². The summed E-state index contributed by atoms with van der Waals surface area (Å²) in [5, 5.41) is 10.6. The van der Waals surface area contributed by atoms with Gasteiger partial charge in [0, 0.05) is 23.9 Å². The zero-order valence-corrected chi connectivity index (χ0v) is 18.9. The lowest BCUT2D eigenvalue weighted by Gasteiger charge is -2.15. The Bertz CT molecular complexity index is 1110. The molecule has 0 saturated carbocycles. The Morgan fingerprint density at radius 1 is 1.06 bits per heavy atom. The summed E-state index contributed by atoms with van der Waals surface area (Å²) >= 11 is 0. The number of aliphatic imine (C=N–C) groups is 1. The van der Waals surface area contributed by atoms with E-state index in [0.717, 1.165) is 33.8 Å². The summed E-state index contributed by atoms with van der Waals surface area (Å²) in [7, 11) is 3.52. The topological polar surface area (TPSA) is 80.5 Å². The molecule has 0 saturated heterocycles.